The van der Waals surface area contributed by atoms with Gasteiger partial charge in [0, 0.05) is 54.1 Å². The zero-order chi connectivity index (χ0) is 25.1. The summed E-state index contributed by atoms with van der Waals surface area (Å²) in [5, 5.41) is 4.07. The van der Waals surface area contributed by atoms with E-state index in [0.717, 1.165) is 67.1 Å². The Morgan fingerprint density at radius 1 is 1.09 bits per heavy atom. The maximum absolute atomic E-state index is 14.0. The monoisotopic (exact) mass is 479 g/mol. The number of likely N-dealkylation sites (N-methyl/N-ethyl adjacent to an activating group) is 1. The van der Waals surface area contributed by atoms with E-state index in [2.05, 4.69) is 20.9 Å². The summed E-state index contributed by atoms with van der Waals surface area (Å²) in [6.07, 6.45) is 9.83. The first-order chi connectivity index (χ1) is 16.8. The second-order valence-electron chi connectivity index (χ2n) is 10.7. The minimum atomic E-state index is -0.234. The average molecular weight is 480 g/mol. The third-order valence-electron chi connectivity index (χ3n) is 8.43. The molecule has 1 saturated carbocycles. The minimum Gasteiger partial charge on any atom is -0.345 e. The highest BCUT2D eigenvalue weighted by Crippen LogP contribution is 2.35. The second kappa shape index (κ2) is 11.1. The van der Waals surface area contributed by atoms with E-state index in [4.69, 9.17) is 0 Å². The fourth-order valence-electron chi connectivity index (χ4n) is 6.25. The number of rotatable bonds is 9. The Bertz CT molecular complexity index is 1080. The maximum Gasteiger partial charge on any atom is 0.226 e. The maximum atomic E-state index is 14.0. The zero-order valence-electron chi connectivity index (χ0n) is 21.8. The van der Waals surface area contributed by atoms with E-state index in [1.807, 2.05) is 32.2 Å². The molecule has 1 aliphatic carbocycles. The molecule has 0 bridgehead atoms. The largest absolute Gasteiger partial charge is 0.345 e. The lowest BCUT2D eigenvalue weighted by Gasteiger charge is -2.35. The van der Waals surface area contributed by atoms with E-state index in [0.29, 0.717) is 18.9 Å². The predicted octanol–water partition coefficient (Wildman–Crippen LogP) is 4.91. The molecule has 6 nitrogen and oxygen atoms in total. The highest BCUT2D eigenvalue weighted by Gasteiger charge is 2.39. The molecule has 1 amide bonds. The fourth-order valence-corrected chi connectivity index (χ4v) is 6.25. The third-order valence-corrected chi connectivity index (χ3v) is 8.43. The first-order valence-electron chi connectivity index (χ1n) is 13.4. The average Bonchev–Trinajstić information content (AvgIpc) is 3.48. The molecule has 0 spiro atoms. The van der Waals surface area contributed by atoms with Gasteiger partial charge in [0.2, 0.25) is 5.91 Å². The van der Waals surface area contributed by atoms with Gasteiger partial charge in [-0.1, -0.05) is 31.4 Å². The smallest absolute Gasteiger partial charge is 0.226 e. The van der Waals surface area contributed by atoms with Gasteiger partial charge in [-0.25, -0.2) is 0 Å². The Hall–Kier alpha value is -2.47. The van der Waals surface area contributed by atoms with Gasteiger partial charge in [0.15, 0.2) is 5.78 Å². The Morgan fingerprint density at radius 3 is 2.51 bits per heavy atom. The number of aryl methyl sites for hydroxylation is 1. The highest BCUT2D eigenvalue weighted by molar-refractivity contribution is 6.08. The number of nitrogens with zero attached hydrogens (tertiary/aromatic N) is 2. The van der Waals surface area contributed by atoms with Crippen LogP contribution in [0, 0.1) is 18.8 Å². The van der Waals surface area contributed by atoms with E-state index in [9.17, 15) is 14.4 Å². The Balaban J connectivity index is 1.59. The number of amides is 1. The van der Waals surface area contributed by atoms with Crippen molar-refractivity contribution < 1.29 is 14.4 Å². The van der Waals surface area contributed by atoms with E-state index >= 15 is 0 Å². The SMILES string of the molecule is CN[C@@H](C)C(=O)C[C@H](C(=O)N1CCC[C@H]1Cn1cc(C(C)=O)c2c(C)cccc21)C1CCCCC1. The topological polar surface area (TPSA) is 71.4 Å². The van der Waals surface area contributed by atoms with E-state index < -0.39 is 0 Å². The summed E-state index contributed by atoms with van der Waals surface area (Å²) in [5.41, 5.74) is 2.90. The van der Waals surface area contributed by atoms with Crippen molar-refractivity contribution in [1.82, 2.24) is 14.8 Å². The first kappa shape index (κ1) is 25.6. The summed E-state index contributed by atoms with van der Waals surface area (Å²) < 4.78 is 2.17. The van der Waals surface area contributed by atoms with Crippen molar-refractivity contribution >= 4 is 28.4 Å². The second-order valence-corrected chi connectivity index (χ2v) is 10.7. The van der Waals surface area contributed by atoms with Crippen LogP contribution in [0.15, 0.2) is 24.4 Å². The molecule has 1 saturated heterocycles. The van der Waals surface area contributed by atoms with Crippen LogP contribution in [0.3, 0.4) is 0 Å². The van der Waals surface area contributed by atoms with Crippen LogP contribution in [-0.4, -0.2) is 52.6 Å². The van der Waals surface area contributed by atoms with Gasteiger partial charge in [-0.05, 0) is 71.0 Å². The van der Waals surface area contributed by atoms with Crippen LogP contribution >= 0.6 is 0 Å². The number of hydrogen-bond acceptors (Lipinski definition) is 4. The lowest BCUT2D eigenvalue weighted by Crippen LogP contribution is -2.45. The molecule has 4 rings (SSSR count). The van der Waals surface area contributed by atoms with Gasteiger partial charge in [0.05, 0.1) is 6.04 Å². The van der Waals surface area contributed by atoms with E-state index in [1.165, 1.54) is 6.42 Å². The lowest BCUT2D eigenvalue weighted by atomic mass is 9.76. The molecule has 2 aromatic rings. The molecule has 1 aromatic carbocycles. The molecule has 1 aliphatic heterocycles. The molecule has 1 aromatic heterocycles. The van der Waals surface area contributed by atoms with Crippen LogP contribution in [0.25, 0.3) is 10.9 Å². The fraction of sp³-hybridized carbons (Fsp3) is 0.621. The molecule has 6 heteroatoms. The Kier molecular flexibility index (Phi) is 8.10. The molecular formula is C29H41N3O3. The third kappa shape index (κ3) is 5.37. The van der Waals surface area contributed by atoms with Crippen molar-refractivity contribution in [2.45, 2.75) is 90.8 Å². The van der Waals surface area contributed by atoms with Gasteiger partial charge in [-0.15, -0.1) is 0 Å². The summed E-state index contributed by atoms with van der Waals surface area (Å²) in [6.45, 7) is 6.98. The van der Waals surface area contributed by atoms with Crippen LogP contribution in [0.2, 0.25) is 0 Å². The van der Waals surface area contributed by atoms with Gasteiger partial charge in [-0.3, -0.25) is 14.4 Å². The van der Waals surface area contributed by atoms with Crippen molar-refractivity contribution in [3.63, 3.8) is 0 Å². The van der Waals surface area contributed by atoms with Crippen molar-refractivity contribution in [3.05, 3.63) is 35.5 Å². The van der Waals surface area contributed by atoms with Crippen LogP contribution < -0.4 is 5.32 Å². The minimum absolute atomic E-state index is 0.0666. The molecule has 2 aliphatic rings. The van der Waals surface area contributed by atoms with Crippen molar-refractivity contribution in [1.29, 1.82) is 0 Å². The molecule has 3 atom stereocenters. The Labute approximate surface area is 209 Å². The number of likely N-dealkylation sites (tertiary alicyclic amines) is 1. The van der Waals surface area contributed by atoms with Crippen LogP contribution in [0.4, 0.5) is 0 Å². The lowest BCUT2D eigenvalue weighted by molar-refractivity contribution is -0.141. The number of nitrogens with one attached hydrogen (secondary N) is 1. The number of Topliss-reactive ketones (excluding diaryl/α,β-unsaturated/α-hetero) is 2. The normalized spacial score (nSPS) is 20.8. The number of carbonyl (C=O) groups excluding carboxylic acids is 3. The molecule has 0 unspecified atom stereocenters. The summed E-state index contributed by atoms with van der Waals surface area (Å²) in [4.78, 5) is 41.3. The number of fused-ring (bicyclic) bond motifs is 1. The first-order valence-corrected chi connectivity index (χ1v) is 13.4. The molecule has 35 heavy (non-hydrogen) atoms. The van der Waals surface area contributed by atoms with E-state index in [-0.39, 0.29) is 35.5 Å². The number of ketones is 2. The quantitative estimate of drug-likeness (QED) is 0.519. The Morgan fingerprint density at radius 2 is 1.83 bits per heavy atom. The van der Waals surface area contributed by atoms with Gasteiger partial charge in [-0.2, -0.15) is 0 Å². The van der Waals surface area contributed by atoms with Crippen molar-refractivity contribution in [3.8, 4) is 0 Å². The van der Waals surface area contributed by atoms with Gasteiger partial charge < -0.3 is 14.8 Å². The van der Waals surface area contributed by atoms with Crippen LogP contribution in [0.1, 0.15) is 81.1 Å². The molecule has 190 valence electrons. The summed E-state index contributed by atoms with van der Waals surface area (Å²) in [6, 6.07) is 5.99. The zero-order valence-corrected chi connectivity index (χ0v) is 21.8. The summed E-state index contributed by atoms with van der Waals surface area (Å²) in [5.74, 6) is 0.429. The van der Waals surface area contributed by atoms with Gasteiger partial charge in [0.25, 0.3) is 0 Å². The summed E-state index contributed by atoms with van der Waals surface area (Å²) in [7, 11) is 1.80. The van der Waals surface area contributed by atoms with E-state index in [1.54, 1.807) is 14.0 Å². The molecule has 0 radical (unpaired) electrons. The molecule has 2 heterocycles. The van der Waals surface area contributed by atoms with Crippen LogP contribution in [-0.2, 0) is 16.1 Å². The molecule has 2 fully saturated rings. The molecular weight excluding hydrogens is 438 g/mol. The predicted molar refractivity (Wildman–Crippen MR) is 140 cm³/mol. The van der Waals surface area contributed by atoms with Crippen LogP contribution in [0.5, 0.6) is 0 Å². The standard InChI is InChI=1S/C29H41N3O3/c1-19-10-8-14-26-28(19)25(21(3)33)18-31(26)17-23-13-9-15-32(23)29(35)24(16-27(34)20(2)30-4)22-11-6-5-7-12-22/h8,10,14,18,20,22-24,30H,5-7,9,11-13,15-17H2,1-4H3/t20-,23-,24-/m0/s1. The van der Waals surface area contributed by atoms with Crippen molar-refractivity contribution in [2.75, 3.05) is 13.6 Å². The highest BCUT2D eigenvalue weighted by atomic mass is 16.2. The number of carbonyl (C=O) groups is 3. The number of benzene rings is 1. The summed E-state index contributed by atoms with van der Waals surface area (Å²) >= 11 is 0. The molecule has 1 N–H and O–H groups in total. The van der Waals surface area contributed by atoms with Gasteiger partial charge >= 0.3 is 0 Å². The van der Waals surface area contributed by atoms with Crippen molar-refractivity contribution in [2.24, 2.45) is 11.8 Å². The number of hydrogen-bond donors (Lipinski definition) is 1. The van der Waals surface area contributed by atoms with Gasteiger partial charge in [0.1, 0.15) is 5.78 Å². The number of aromatic nitrogens is 1.